The molecule has 4 atom stereocenters. The van der Waals surface area contributed by atoms with E-state index in [-0.39, 0.29) is 77.3 Å². The molecule has 0 radical (unpaired) electrons. The van der Waals surface area contributed by atoms with Gasteiger partial charge in [-0.2, -0.15) is 0 Å². The average molecular weight is 1200 g/mol. The zero-order chi connectivity index (χ0) is 60.8. The van der Waals surface area contributed by atoms with Gasteiger partial charge in [0.1, 0.15) is 22.6 Å². The third-order valence-electron chi connectivity index (χ3n) is 13.9. The number of piperazine rings is 2. The van der Waals surface area contributed by atoms with Crippen LogP contribution in [-0.4, -0.2) is 130 Å². The third kappa shape index (κ3) is 12.6. The second-order valence-corrected chi connectivity index (χ2v) is 23.8. The van der Waals surface area contributed by atoms with Crippen LogP contribution in [-0.2, 0) is 9.47 Å². The van der Waals surface area contributed by atoms with Crippen LogP contribution in [0, 0.1) is 31.9 Å². The Bertz CT molecular complexity index is 3380. The van der Waals surface area contributed by atoms with Crippen molar-refractivity contribution in [2.75, 3.05) is 48.5 Å². The summed E-state index contributed by atoms with van der Waals surface area (Å²) in [7, 11) is 0. The third-order valence-corrected chi connectivity index (χ3v) is 14.8. The van der Waals surface area contributed by atoms with Crippen molar-refractivity contribution < 1.29 is 42.8 Å². The number of para-hydroxylation sites is 2. The summed E-state index contributed by atoms with van der Waals surface area (Å²) < 4.78 is 43.2. The highest BCUT2D eigenvalue weighted by atomic mass is 35.5. The minimum absolute atomic E-state index is 0.0172. The topological polar surface area (TPSA) is 242 Å². The maximum atomic E-state index is 15.0. The Kier molecular flexibility index (Phi) is 18.5. The number of pyridine rings is 4. The summed E-state index contributed by atoms with van der Waals surface area (Å²) in [6.07, 6.45) is -1.16. The molecule has 0 aliphatic carbocycles. The highest BCUT2D eigenvalue weighted by Crippen LogP contribution is 2.42. The number of aromatic nitrogens is 4. The van der Waals surface area contributed by atoms with Gasteiger partial charge < -0.3 is 34.2 Å². The zero-order valence-electron chi connectivity index (χ0n) is 47.4. The van der Waals surface area contributed by atoms with Gasteiger partial charge in [0.05, 0.1) is 50.7 Å². The van der Waals surface area contributed by atoms with E-state index in [2.05, 4.69) is 9.97 Å². The van der Waals surface area contributed by atoms with Crippen LogP contribution in [0.2, 0.25) is 10.3 Å². The molecule has 4 aromatic heterocycles. The van der Waals surface area contributed by atoms with E-state index in [0.29, 0.717) is 16.9 Å². The smallest absolute Gasteiger partial charge is 0.410 e. The molecule has 2 aliphatic rings. The molecule has 0 saturated carbocycles. The fraction of sp³-hybridized carbons (Fsp3) is 0.464. The quantitative estimate of drug-likeness (QED) is 0.0580. The van der Waals surface area contributed by atoms with E-state index in [1.807, 2.05) is 33.8 Å². The lowest BCUT2D eigenvalue weighted by Crippen LogP contribution is -2.61. The minimum atomic E-state index is -0.986. The summed E-state index contributed by atoms with van der Waals surface area (Å²) in [5.74, 6) is -2.00. The van der Waals surface area contributed by atoms with E-state index in [1.54, 1.807) is 103 Å². The van der Waals surface area contributed by atoms with Gasteiger partial charge in [-0.1, -0.05) is 87.3 Å². The molecule has 26 heteroatoms. The number of aliphatic hydroxyl groups excluding tert-OH is 1. The Morgan fingerprint density at radius 1 is 0.671 bits per heavy atom. The maximum Gasteiger partial charge on any atom is 0.410 e. The van der Waals surface area contributed by atoms with Crippen molar-refractivity contribution in [3.8, 4) is 11.4 Å². The number of anilines is 2. The summed E-state index contributed by atoms with van der Waals surface area (Å²) in [5.41, 5.74) is -3.27. The fourth-order valence-corrected chi connectivity index (χ4v) is 10.8. The lowest BCUT2D eigenvalue weighted by atomic mass is 10.0. The normalized spacial score (nSPS) is 17.8. The molecular formula is C56H65Cl3F2N10O11. The fourth-order valence-electron chi connectivity index (χ4n) is 10.2. The number of rotatable bonds is 10. The van der Waals surface area contributed by atoms with Gasteiger partial charge in [-0.25, -0.2) is 28.3 Å². The Balaban J connectivity index is 0.000000236. The number of benzene rings is 2. The Labute approximate surface area is 486 Å². The molecule has 6 aromatic rings. The molecule has 2 fully saturated rings. The van der Waals surface area contributed by atoms with Gasteiger partial charge in [0, 0.05) is 44.1 Å². The van der Waals surface area contributed by atoms with Crippen LogP contribution >= 0.6 is 34.8 Å². The Hall–Kier alpha value is -7.21. The van der Waals surface area contributed by atoms with Gasteiger partial charge in [-0.3, -0.25) is 39.0 Å². The van der Waals surface area contributed by atoms with Crippen LogP contribution in [0.4, 0.5) is 41.1 Å². The number of nitro groups is 2. The van der Waals surface area contributed by atoms with Crippen molar-refractivity contribution in [2.45, 2.75) is 130 Å². The van der Waals surface area contributed by atoms with Gasteiger partial charge >= 0.3 is 34.7 Å². The molecule has 2 saturated heterocycles. The van der Waals surface area contributed by atoms with Crippen molar-refractivity contribution in [1.82, 2.24) is 28.9 Å². The number of aliphatic hydroxyl groups is 1. The first-order valence-corrected chi connectivity index (χ1v) is 27.7. The van der Waals surface area contributed by atoms with Crippen LogP contribution in [0.3, 0.4) is 0 Å². The van der Waals surface area contributed by atoms with E-state index in [1.165, 1.54) is 14.7 Å². The Morgan fingerprint density at radius 2 is 1.02 bits per heavy atom. The molecule has 2 amide bonds. The summed E-state index contributed by atoms with van der Waals surface area (Å²) >= 11 is 18.5. The number of alkyl halides is 1. The molecule has 440 valence electrons. The maximum absolute atomic E-state index is 15.0. The molecule has 21 nitrogen and oxygen atoms in total. The van der Waals surface area contributed by atoms with Gasteiger partial charge in [-0.05, 0) is 103 Å². The largest absolute Gasteiger partial charge is 0.444 e. The van der Waals surface area contributed by atoms with Crippen molar-refractivity contribution in [3.63, 3.8) is 0 Å². The summed E-state index contributed by atoms with van der Waals surface area (Å²) in [6.45, 7) is 21.1. The Morgan fingerprint density at radius 3 is 1.35 bits per heavy atom. The van der Waals surface area contributed by atoms with Gasteiger partial charge in [0.15, 0.2) is 33.2 Å². The number of hydrogen-bond acceptors (Lipinski definition) is 15. The van der Waals surface area contributed by atoms with Gasteiger partial charge in [0.2, 0.25) is 0 Å². The van der Waals surface area contributed by atoms with Crippen molar-refractivity contribution in [2.24, 2.45) is 0 Å². The molecular weight excluding hydrogens is 1130 g/mol. The second-order valence-electron chi connectivity index (χ2n) is 22.8. The first-order valence-electron chi connectivity index (χ1n) is 26.4. The summed E-state index contributed by atoms with van der Waals surface area (Å²) in [4.78, 5) is 91.9. The lowest BCUT2D eigenvalue weighted by molar-refractivity contribution is -0.385. The van der Waals surface area contributed by atoms with E-state index < -0.39 is 108 Å². The van der Waals surface area contributed by atoms with E-state index in [0.717, 1.165) is 26.8 Å². The van der Waals surface area contributed by atoms with E-state index >= 15 is 0 Å². The lowest BCUT2D eigenvalue weighted by Gasteiger charge is -2.45. The molecule has 6 heterocycles. The van der Waals surface area contributed by atoms with Crippen molar-refractivity contribution in [1.29, 1.82) is 0 Å². The van der Waals surface area contributed by atoms with Crippen LogP contribution < -0.4 is 20.9 Å². The number of ether oxygens (including phenoxy) is 2. The van der Waals surface area contributed by atoms with Gasteiger partial charge in [-0.15, -0.1) is 11.6 Å². The van der Waals surface area contributed by atoms with Crippen LogP contribution in [0.15, 0.2) is 70.3 Å². The number of hydrogen-bond donors (Lipinski definition) is 1. The number of amides is 2. The number of nitrogens with zero attached hydrogens (tertiary/aromatic N) is 10. The first kappa shape index (κ1) is 62.4. The van der Waals surface area contributed by atoms with Crippen molar-refractivity contribution >= 4 is 91.8 Å². The highest BCUT2D eigenvalue weighted by molar-refractivity contribution is 6.30. The molecule has 2 aliphatic heterocycles. The monoisotopic (exact) mass is 1200 g/mol. The molecule has 8 rings (SSSR count). The molecule has 82 heavy (non-hydrogen) atoms. The minimum Gasteiger partial charge on any atom is -0.444 e. The summed E-state index contributed by atoms with van der Waals surface area (Å²) in [6, 6.07) is 13.3. The number of fused-ring (bicyclic) bond motifs is 2. The zero-order valence-corrected chi connectivity index (χ0v) is 49.6. The summed E-state index contributed by atoms with van der Waals surface area (Å²) in [5, 5.41) is 34.5. The van der Waals surface area contributed by atoms with E-state index in [9.17, 15) is 53.3 Å². The second kappa shape index (κ2) is 24.3. The molecule has 0 bridgehead atoms. The van der Waals surface area contributed by atoms with Crippen molar-refractivity contribution in [3.05, 3.63) is 135 Å². The standard InChI is InChI=1S/C28H32Cl2FN5O5.C28H33ClFN5O6/c1-15(2)18-9-7-8-10-21(18)35-25-19(11-20(31)24(30)32-25)22(23(26(35)37)36(39)40)34-13-16(3)33(14-17(34)12-29)27(38)41-28(4,5)6;1-15(2)18-9-7-8-10-21(18)34-25-19(11-20(30)24(29)31-25)22(23(26(34)37)35(39)40)33-12-16(3)32(13-17(33)14-36)27(38)41-28(4,5)6/h7-11,15-17H,12-14H2,1-6H3;7-11,15-17,36H,12-14H2,1-6H3/t16-,17+;16-,17-/m11/s1. The number of carbonyl (C=O) groups excluding carboxylic acids is 2. The van der Waals surface area contributed by atoms with E-state index in [4.69, 9.17) is 44.3 Å². The molecule has 0 unspecified atom stereocenters. The molecule has 0 spiro atoms. The SMILES string of the molecule is CC(C)c1ccccc1-n1c(=O)c([N+](=O)[O-])c(N2C[C@@H](C)N(C(=O)OC(C)(C)C)C[C@@H]2CCl)c2cc(F)c(Cl)nc21.CC(C)c1ccccc1-n1c(=O)c([N+](=O)[O-])c(N2C[C@@H](C)N(C(=O)OC(C)(C)C)C[C@@H]2CO)c2cc(F)c(Cl)nc21. The van der Waals surface area contributed by atoms with Crippen LogP contribution in [0.1, 0.15) is 106 Å². The predicted molar refractivity (Wildman–Crippen MR) is 311 cm³/mol. The number of halogens is 5. The molecule has 2 aromatic carbocycles. The number of carbonyl (C=O) groups is 2. The average Bonchev–Trinajstić information content (AvgIpc) is 2.74. The highest BCUT2D eigenvalue weighted by Gasteiger charge is 2.44. The molecule has 1 N–H and O–H groups in total. The first-order chi connectivity index (χ1) is 38.3. The van der Waals surface area contributed by atoms with Crippen LogP contribution in [0.5, 0.6) is 0 Å². The van der Waals surface area contributed by atoms with Gasteiger partial charge in [0.25, 0.3) is 0 Å². The van der Waals surface area contributed by atoms with Crippen LogP contribution in [0.25, 0.3) is 33.4 Å². The predicted octanol–water partition coefficient (Wildman–Crippen LogP) is 11.3.